The summed E-state index contributed by atoms with van der Waals surface area (Å²) in [5.74, 6) is 0.822. The van der Waals surface area contributed by atoms with Crippen LogP contribution in [0.1, 0.15) is 40.9 Å². The van der Waals surface area contributed by atoms with E-state index in [9.17, 15) is 13.2 Å². The molecule has 1 aliphatic carbocycles. The molecule has 1 N–H and O–H groups in total. The molecule has 3 aromatic rings. The van der Waals surface area contributed by atoms with Crippen molar-refractivity contribution < 1.29 is 17.7 Å². The molecule has 0 aliphatic heterocycles. The molecule has 1 saturated carbocycles. The number of nitrogens with zero attached hydrogens (tertiary/aromatic N) is 2. The minimum absolute atomic E-state index is 0.233. The highest BCUT2D eigenvalue weighted by atomic mass is 19.4. The maximum absolute atomic E-state index is 12.8. The second kappa shape index (κ2) is 6.36. The smallest absolute Gasteiger partial charge is 0.388 e. The lowest BCUT2D eigenvalue weighted by Gasteiger charge is -2.19. The lowest BCUT2D eigenvalue weighted by molar-refractivity contribution is -0.137. The first kappa shape index (κ1) is 18.5. The molecular weight excluding hydrogens is 367 g/mol. The van der Waals surface area contributed by atoms with Crippen LogP contribution in [0.3, 0.4) is 0 Å². The lowest BCUT2D eigenvalue weighted by Crippen LogP contribution is -2.15. The number of alkyl halides is 3. The van der Waals surface area contributed by atoms with E-state index < -0.39 is 11.7 Å². The Kier molecular flexibility index (Phi) is 4.21. The van der Waals surface area contributed by atoms with Crippen molar-refractivity contribution in [3.63, 3.8) is 0 Å². The minimum Gasteiger partial charge on any atom is -0.388 e. The SMILES string of the molecule is CNc1cc(C)c(C2(c3noc(-c4ccc(C(F)(F)F)cc4)n3)CC2)c(C)c1. The van der Waals surface area contributed by atoms with E-state index >= 15 is 0 Å². The predicted octanol–water partition coefficient (Wildman–Crippen LogP) is 5.49. The molecule has 1 fully saturated rings. The van der Waals surface area contributed by atoms with E-state index in [1.54, 1.807) is 0 Å². The molecule has 0 atom stereocenters. The van der Waals surface area contributed by atoms with Gasteiger partial charge in [0.05, 0.1) is 11.0 Å². The Hall–Kier alpha value is -2.83. The Morgan fingerprint density at radius 1 is 1.04 bits per heavy atom. The molecule has 4 nitrogen and oxygen atoms in total. The summed E-state index contributed by atoms with van der Waals surface area (Å²) in [5.41, 5.74) is 4.05. The average Bonchev–Trinajstić information content (AvgIpc) is 3.27. The van der Waals surface area contributed by atoms with Crippen molar-refractivity contribution in [2.45, 2.75) is 38.3 Å². The first-order valence-corrected chi connectivity index (χ1v) is 9.06. The molecule has 4 rings (SSSR count). The summed E-state index contributed by atoms with van der Waals surface area (Å²) in [4.78, 5) is 4.53. The van der Waals surface area contributed by atoms with Crippen LogP contribution in [0.2, 0.25) is 0 Å². The van der Waals surface area contributed by atoms with Crippen molar-refractivity contribution in [1.82, 2.24) is 10.1 Å². The molecule has 146 valence electrons. The molecule has 1 aromatic heterocycles. The highest BCUT2D eigenvalue weighted by Crippen LogP contribution is 2.54. The van der Waals surface area contributed by atoms with Gasteiger partial charge in [-0.1, -0.05) is 5.16 Å². The van der Waals surface area contributed by atoms with E-state index in [0.29, 0.717) is 11.4 Å². The Morgan fingerprint density at radius 2 is 1.64 bits per heavy atom. The van der Waals surface area contributed by atoms with Crippen LogP contribution in [-0.2, 0) is 11.6 Å². The molecule has 0 unspecified atom stereocenters. The van der Waals surface area contributed by atoms with Gasteiger partial charge in [0, 0.05) is 18.3 Å². The number of anilines is 1. The molecule has 0 amide bonds. The number of nitrogens with one attached hydrogen (secondary N) is 1. The number of rotatable bonds is 4. The normalized spacial score (nSPS) is 15.5. The zero-order valence-electron chi connectivity index (χ0n) is 15.8. The van der Waals surface area contributed by atoms with E-state index in [-0.39, 0.29) is 11.3 Å². The Morgan fingerprint density at radius 3 is 2.14 bits per heavy atom. The van der Waals surface area contributed by atoms with E-state index in [2.05, 4.69) is 41.4 Å². The van der Waals surface area contributed by atoms with Crippen LogP contribution in [0.25, 0.3) is 11.5 Å². The molecule has 28 heavy (non-hydrogen) atoms. The summed E-state index contributed by atoms with van der Waals surface area (Å²) in [5, 5.41) is 7.33. The van der Waals surface area contributed by atoms with E-state index in [4.69, 9.17) is 4.52 Å². The fourth-order valence-electron chi connectivity index (χ4n) is 3.91. The molecular formula is C21H20F3N3O. The monoisotopic (exact) mass is 387 g/mol. The zero-order valence-corrected chi connectivity index (χ0v) is 15.8. The number of halogens is 3. The van der Waals surface area contributed by atoms with Crippen LogP contribution in [-0.4, -0.2) is 17.2 Å². The molecule has 0 saturated heterocycles. The van der Waals surface area contributed by atoms with Crippen LogP contribution in [0, 0.1) is 13.8 Å². The van der Waals surface area contributed by atoms with Gasteiger partial charge >= 0.3 is 6.18 Å². The van der Waals surface area contributed by atoms with E-state index in [1.807, 2.05) is 7.05 Å². The van der Waals surface area contributed by atoms with Crippen LogP contribution < -0.4 is 5.32 Å². The third-order valence-corrected chi connectivity index (χ3v) is 5.36. The van der Waals surface area contributed by atoms with Gasteiger partial charge in [-0.25, -0.2) is 0 Å². The predicted molar refractivity (Wildman–Crippen MR) is 100 cm³/mol. The zero-order chi connectivity index (χ0) is 20.1. The van der Waals surface area contributed by atoms with Crippen LogP contribution in [0.5, 0.6) is 0 Å². The summed E-state index contributed by atoms with van der Waals surface area (Å²) in [6, 6.07) is 8.96. The fourth-order valence-corrected chi connectivity index (χ4v) is 3.91. The van der Waals surface area contributed by atoms with Gasteiger partial charge in [-0.3, -0.25) is 0 Å². The second-order valence-electron chi connectivity index (χ2n) is 7.32. The first-order chi connectivity index (χ1) is 13.2. The Balaban J connectivity index is 1.68. The van der Waals surface area contributed by atoms with Gasteiger partial charge in [0.1, 0.15) is 0 Å². The van der Waals surface area contributed by atoms with Gasteiger partial charge in [0.2, 0.25) is 0 Å². The number of aryl methyl sites for hydroxylation is 2. The van der Waals surface area contributed by atoms with Gasteiger partial charge in [-0.05, 0) is 79.8 Å². The van der Waals surface area contributed by atoms with E-state index in [0.717, 1.165) is 41.8 Å². The van der Waals surface area contributed by atoms with Crippen molar-refractivity contribution in [2.75, 3.05) is 12.4 Å². The van der Waals surface area contributed by atoms with Gasteiger partial charge in [-0.15, -0.1) is 0 Å². The standard InChI is InChI=1S/C21H20F3N3O/c1-12-10-16(25-3)11-13(2)17(12)20(8-9-20)19-26-18(28-27-19)14-4-6-15(7-5-14)21(22,23)24/h4-7,10-11,25H,8-9H2,1-3H3. The van der Waals surface area contributed by atoms with Crippen LogP contribution in [0.4, 0.5) is 18.9 Å². The molecule has 2 aromatic carbocycles. The lowest BCUT2D eigenvalue weighted by atomic mass is 9.87. The van der Waals surface area contributed by atoms with Crippen molar-refractivity contribution in [1.29, 1.82) is 0 Å². The highest BCUT2D eigenvalue weighted by molar-refractivity contribution is 5.58. The maximum atomic E-state index is 12.8. The summed E-state index contributed by atoms with van der Waals surface area (Å²) in [7, 11) is 1.89. The van der Waals surface area contributed by atoms with Crippen LogP contribution >= 0.6 is 0 Å². The van der Waals surface area contributed by atoms with Crippen LogP contribution in [0.15, 0.2) is 40.9 Å². The summed E-state index contributed by atoms with van der Waals surface area (Å²) < 4.78 is 43.7. The van der Waals surface area contributed by atoms with Gasteiger partial charge in [0.15, 0.2) is 5.82 Å². The number of benzene rings is 2. The second-order valence-corrected chi connectivity index (χ2v) is 7.32. The molecule has 1 aliphatic rings. The number of hydrogen-bond donors (Lipinski definition) is 1. The van der Waals surface area contributed by atoms with Crippen molar-refractivity contribution in [3.05, 3.63) is 64.5 Å². The van der Waals surface area contributed by atoms with Crippen molar-refractivity contribution in [2.24, 2.45) is 0 Å². The van der Waals surface area contributed by atoms with Gasteiger partial charge in [0.25, 0.3) is 5.89 Å². The fraction of sp³-hybridized carbons (Fsp3) is 0.333. The quantitative estimate of drug-likeness (QED) is 0.643. The number of aromatic nitrogens is 2. The minimum atomic E-state index is -4.37. The highest BCUT2D eigenvalue weighted by Gasteiger charge is 2.51. The largest absolute Gasteiger partial charge is 0.416 e. The first-order valence-electron chi connectivity index (χ1n) is 9.06. The topological polar surface area (TPSA) is 51.0 Å². The summed E-state index contributed by atoms with van der Waals surface area (Å²) in [6.07, 6.45) is -2.54. The van der Waals surface area contributed by atoms with Crippen molar-refractivity contribution in [3.8, 4) is 11.5 Å². The Bertz CT molecular complexity index is 995. The maximum Gasteiger partial charge on any atom is 0.416 e. The van der Waals surface area contributed by atoms with Crippen molar-refractivity contribution >= 4 is 5.69 Å². The summed E-state index contributed by atoms with van der Waals surface area (Å²) in [6.45, 7) is 4.14. The van der Waals surface area contributed by atoms with Gasteiger partial charge < -0.3 is 9.84 Å². The van der Waals surface area contributed by atoms with Gasteiger partial charge in [-0.2, -0.15) is 18.2 Å². The summed E-state index contributed by atoms with van der Waals surface area (Å²) >= 11 is 0. The molecule has 7 heteroatoms. The average molecular weight is 387 g/mol. The molecule has 0 spiro atoms. The number of hydrogen-bond acceptors (Lipinski definition) is 4. The van der Waals surface area contributed by atoms with E-state index in [1.165, 1.54) is 17.7 Å². The molecule has 1 heterocycles. The third kappa shape index (κ3) is 3.04. The Labute approximate surface area is 160 Å². The molecule has 0 radical (unpaired) electrons. The molecule has 0 bridgehead atoms. The third-order valence-electron chi connectivity index (χ3n) is 5.36.